The Kier molecular flexibility index (Phi) is 6.79. The summed E-state index contributed by atoms with van der Waals surface area (Å²) in [6.45, 7) is 8.57. The Morgan fingerprint density at radius 1 is 1.17 bits per heavy atom. The maximum Gasteiger partial charge on any atom is 0.229 e. The van der Waals surface area contributed by atoms with E-state index >= 15 is 0 Å². The van der Waals surface area contributed by atoms with Gasteiger partial charge in [0.25, 0.3) is 0 Å². The molecule has 0 spiro atoms. The first-order chi connectivity index (χ1) is 16.5. The molecule has 2 aromatic heterocycles. The highest BCUT2D eigenvalue weighted by atomic mass is 32.2. The number of aromatic nitrogens is 2. The van der Waals surface area contributed by atoms with Gasteiger partial charge in [-0.15, -0.1) is 0 Å². The number of hydrogen-bond acceptors (Lipinski definition) is 5. The van der Waals surface area contributed by atoms with Crippen molar-refractivity contribution in [3.63, 3.8) is 0 Å². The smallest absolute Gasteiger partial charge is 0.229 e. The van der Waals surface area contributed by atoms with Gasteiger partial charge in [0.1, 0.15) is 5.75 Å². The van der Waals surface area contributed by atoms with Gasteiger partial charge >= 0.3 is 0 Å². The lowest BCUT2D eigenvalue weighted by molar-refractivity contribution is 0.417. The summed E-state index contributed by atoms with van der Waals surface area (Å²) in [6.07, 6.45) is 2.89. The number of methoxy groups -OCH3 is 1. The van der Waals surface area contributed by atoms with E-state index in [1.165, 1.54) is 12.8 Å². The zero-order valence-electron chi connectivity index (χ0n) is 20.7. The number of anilines is 2. The van der Waals surface area contributed by atoms with Gasteiger partial charge in [-0.1, -0.05) is 6.07 Å². The monoisotopic (exact) mass is 513 g/mol. The predicted molar refractivity (Wildman–Crippen MR) is 144 cm³/mol. The van der Waals surface area contributed by atoms with Crippen molar-refractivity contribution in [3.8, 4) is 5.75 Å². The van der Waals surface area contributed by atoms with Crippen LogP contribution in [0.25, 0.3) is 0 Å². The van der Waals surface area contributed by atoms with Crippen LogP contribution in [-0.2, 0) is 10.0 Å². The van der Waals surface area contributed by atoms with E-state index in [4.69, 9.17) is 17.0 Å². The molecule has 2 N–H and O–H groups in total. The minimum Gasteiger partial charge on any atom is -0.495 e. The molecule has 35 heavy (non-hydrogen) atoms. The average Bonchev–Trinajstić information content (AvgIpc) is 3.28. The largest absolute Gasteiger partial charge is 0.495 e. The van der Waals surface area contributed by atoms with Crippen molar-refractivity contribution < 1.29 is 13.2 Å². The van der Waals surface area contributed by atoms with Crippen molar-refractivity contribution in [2.45, 2.75) is 45.8 Å². The van der Waals surface area contributed by atoms with Gasteiger partial charge in [0.2, 0.25) is 10.0 Å². The molecule has 1 aromatic carbocycles. The van der Waals surface area contributed by atoms with E-state index < -0.39 is 10.0 Å². The lowest BCUT2D eigenvalue weighted by Gasteiger charge is -2.29. The highest BCUT2D eigenvalue weighted by Gasteiger charge is 2.42. The first-order valence-corrected chi connectivity index (χ1v) is 13.7. The lowest BCUT2D eigenvalue weighted by Crippen LogP contribution is -2.29. The van der Waals surface area contributed by atoms with Crippen LogP contribution in [0.4, 0.5) is 11.4 Å². The maximum absolute atomic E-state index is 12.0. The predicted octanol–water partition coefficient (Wildman–Crippen LogP) is 4.64. The quantitative estimate of drug-likeness (QED) is 0.445. The Morgan fingerprint density at radius 3 is 2.49 bits per heavy atom. The second kappa shape index (κ2) is 9.50. The van der Waals surface area contributed by atoms with Gasteiger partial charge in [-0.2, -0.15) is 0 Å². The van der Waals surface area contributed by atoms with Crippen molar-refractivity contribution in [2.24, 2.45) is 0 Å². The molecule has 4 rings (SSSR count). The molecule has 3 aromatic rings. The minimum absolute atomic E-state index is 0.196. The van der Waals surface area contributed by atoms with Crippen LogP contribution in [0.2, 0.25) is 0 Å². The van der Waals surface area contributed by atoms with E-state index in [9.17, 15) is 8.42 Å². The molecule has 2 atom stereocenters. The van der Waals surface area contributed by atoms with Gasteiger partial charge in [0.15, 0.2) is 5.11 Å². The van der Waals surface area contributed by atoms with Crippen LogP contribution in [0.1, 0.15) is 54.6 Å². The van der Waals surface area contributed by atoms with E-state index in [0.29, 0.717) is 22.6 Å². The van der Waals surface area contributed by atoms with Crippen molar-refractivity contribution in [1.82, 2.24) is 14.9 Å². The molecule has 0 radical (unpaired) electrons. The highest BCUT2D eigenvalue weighted by molar-refractivity contribution is 7.92. The molecule has 1 fully saturated rings. The number of rotatable bonds is 7. The molecule has 1 aliphatic heterocycles. The minimum atomic E-state index is -3.51. The SMILES string of the molecule is COc1ccc(N2C(=S)N[C@@H](c3ccccn3)[C@H]2c2cc(C)n(C(C)C)c2C)cc1NS(C)(=O)=O. The van der Waals surface area contributed by atoms with E-state index in [1.54, 1.807) is 18.3 Å². The fraction of sp³-hybridized carbons (Fsp3) is 0.360. The number of nitrogens with zero attached hydrogens (tertiary/aromatic N) is 3. The molecule has 0 bridgehead atoms. The highest BCUT2D eigenvalue weighted by Crippen LogP contribution is 2.45. The zero-order valence-corrected chi connectivity index (χ0v) is 22.4. The van der Waals surface area contributed by atoms with Gasteiger partial charge in [-0.3, -0.25) is 9.71 Å². The maximum atomic E-state index is 12.0. The van der Waals surface area contributed by atoms with Crippen molar-refractivity contribution in [1.29, 1.82) is 0 Å². The molecule has 0 unspecified atom stereocenters. The molecule has 1 saturated heterocycles. The summed E-state index contributed by atoms with van der Waals surface area (Å²) in [7, 11) is -2.01. The van der Waals surface area contributed by atoms with Crippen LogP contribution in [0.3, 0.4) is 0 Å². The standard InChI is InChI=1S/C25H31N5O3S2/c1-15(2)29-16(3)13-19(17(29)4)24-23(20-9-7-8-12-26-20)27-25(34)30(24)18-10-11-22(33-5)21(14-18)28-35(6,31)32/h7-15,23-24,28H,1-6H3,(H,27,34)/t23-,24+/m0/s1. The molecular weight excluding hydrogens is 482 g/mol. The molecule has 186 valence electrons. The summed E-state index contributed by atoms with van der Waals surface area (Å²) in [5.74, 6) is 0.424. The van der Waals surface area contributed by atoms with Crippen LogP contribution in [-0.4, -0.2) is 36.4 Å². The van der Waals surface area contributed by atoms with E-state index in [-0.39, 0.29) is 12.1 Å². The number of aryl methyl sites for hydroxylation is 1. The van der Waals surface area contributed by atoms with Gasteiger partial charge in [-0.25, -0.2) is 8.42 Å². The number of thiocarbonyl (C=S) groups is 1. The summed E-state index contributed by atoms with van der Waals surface area (Å²) in [5.41, 5.74) is 5.42. The average molecular weight is 514 g/mol. The molecule has 8 nitrogen and oxygen atoms in total. The van der Waals surface area contributed by atoms with Crippen molar-refractivity contribution in [3.05, 3.63) is 71.3 Å². The number of pyridine rings is 1. The number of ether oxygens (including phenoxy) is 1. The van der Waals surface area contributed by atoms with Gasteiger partial charge in [-0.05, 0) is 81.9 Å². The van der Waals surface area contributed by atoms with Gasteiger partial charge in [0.05, 0.1) is 36.8 Å². The van der Waals surface area contributed by atoms with Crippen LogP contribution in [0.15, 0.2) is 48.7 Å². The fourth-order valence-electron chi connectivity index (χ4n) is 4.97. The molecule has 10 heteroatoms. The summed E-state index contributed by atoms with van der Waals surface area (Å²) >= 11 is 5.84. The van der Waals surface area contributed by atoms with Gasteiger partial charge < -0.3 is 19.5 Å². The molecule has 0 amide bonds. The Bertz CT molecular complexity index is 1350. The zero-order chi connectivity index (χ0) is 25.5. The van der Waals surface area contributed by atoms with Crippen LogP contribution in [0.5, 0.6) is 5.75 Å². The summed E-state index contributed by atoms with van der Waals surface area (Å²) in [5, 5.41) is 4.00. The summed E-state index contributed by atoms with van der Waals surface area (Å²) in [4.78, 5) is 6.65. The molecule has 0 aliphatic carbocycles. The lowest BCUT2D eigenvalue weighted by atomic mass is 9.96. The Balaban J connectivity index is 1.90. The fourth-order valence-corrected chi connectivity index (χ4v) is 5.88. The Morgan fingerprint density at radius 2 is 1.91 bits per heavy atom. The normalized spacial score (nSPS) is 18.1. The second-order valence-corrected chi connectivity index (χ2v) is 11.2. The van der Waals surface area contributed by atoms with E-state index in [1.807, 2.05) is 29.2 Å². The Hall–Kier alpha value is -3.11. The topological polar surface area (TPSA) is 88.5 Å². The molecular formula is C25H31N5O3S2. The number of sulfonamides is 1. The number of benzene rings is 1. The third kappa shape index (κ3) is 4.85. The third-order valence-electron chi connectivity index (χ3n) is 6.21. The number of hydrogen-bond donors (Lipinski definition) is 2. The molecule has 0 saturated carbocycles. The second-order valence-electron chi connectivity index (χ2n) is 9.05. The molecule has 3 heterocycles. The molecule has 1 aliphatic rings. The van der Waals surface area contributed by atoms with Crippen LogP contribution in [0, 0.1) is 13.8 Å². The van der Waals surface area contributed by atoms with E-state index in [0.717, 1.165) is 28.9 Å². The first-order valence-electron chi connectivity index (χ1n) is 11.4. The van der Waals surface area contributed by atoms with E-state index in [2.05, 4.69) is 53.4 Å². The third-order valence-corrected chi connectivity index (χ3v) is 7.12. The van der Waals surface area contributed by atoms with Crippen molar-refractivity contribution >= 4 is 38.7 Å². The summed E-state index contributed by atoms with van der Waals surface area (Å²) in [6, 6.07) is 13.3. The Labute approximate surface area is 212 Å². The van der Waals surface area contributed by atoms with Crippen LogP contribution < -0.4 is 19.7 Å². The van der Waals surface area contributed by atoms with Gasteiger partial charge in [0, 0.05) is 29.3 Å². The van der Waals surface area contributed by atoms with Crippen LogP contribution >= 0.6 is 12.2 Å². The number of nitrogens with one attached hydrogen (secondary N) is 2. The van der Waals surface area contributed by atoms with Crippen molar-refractivity contribution in [2.75, 3.05) is 23.0 Å². The first kappa shape index (κ1) is 25.0. The summed E-state index contributed by atoms with van der Waals surface area (Å²) < 4.78 is 34.3.